The Balaban J connectivity index is 1.77. The van der Waals surface area contributed by atoms with Crippen molar-refractivity contribution in [3.8, 4) is 0 Å². The first-order chi connectivity index (χ1) is 11.4. The number of halogens is 1. The van der Waals surface area contributed by atoms with Crippen LogP contribution in [-0.2, 0) is 9.59 Å². The first kappa shape index (κ1) is 17.1. The predicted molar refractivity (Wildman–Crippen MR) is 89.0 cm³/mol. The maximum Gasteiger partial charge on any atom is 0.334 e. The number of carbonyl (C=O) groups excluding carboxylic acids is 4. The average Bonchev–Trinajstić information content (AvgIpc) is 3.07. The smallest absolute Gasteiger partial charge is 0.291 e. The Kier molecular flexibility index (Phi) is 4.73. The van der Waals surface area contributed by atoms with Gasteiger partial charge in [0.1, 0.15) is 0 Å². The van der Waals surface area contributed by atoms with Crippen LogP contribution in [0.25, 0.3) is 0 Å². The highest BCUT2D eigenvalue weighted by atomic mass is 35.5. The van der Waals surface area contributed by atoms with Crippen LogP contribution in [0.15, 0.2) is 12.1 Å². The van der Waals surface area contributed by atoms with Crippen LogP contribution < -0.4 is 0 Å². The number of amides is 4. The quantitative estimate of drug-likeness (QED) is 0.465. The second-order valence-corrected chi connectivity index (χ2v) is 7.92. The summed E-state index contributed by atoms with van der Waals surface area (Å²) in [5, 5.41) is 0. The fourth-order valence-corrected chi connectivity index (χ4v) is 4.29. The van der Waals surface area contributed by atoms with Crippen LogP contribution >= 0.6 is 22.9 Å². The molecule has 6 nitrogen and oxygen atoms in total. The molecule has 0 unspecified atom stereocenters. The highest BCUT2D eigenvalue weighted by molar-refractivity contribution is 7.18. The Morgan fingerprint density at radius 1 is 1.21 bits per heavy atom. The minimum absolute atomic E-state index is 0.159. The van der Waals surface area contributed by atoms with E-state index in [1.165, 1.54) is 0 Å². The Hall–Kier alpha value is -1.73. The normalized spacial score (nSPS) is 24.8. The summed E-state index contributed by atoms with van der Waals surface area (Å²) in [6, 6.07) is 2.18. The molecular weight excluding hydrogens is 352 g/mol. The third-order valence-corrected chi connectivity index (χ3v) is 5.90. The summed E-state index contributed by atoms with van der Waals surface area (Å²) in [7, 11) is 0. The third-order valence-electron chi connectivity index (χ3n) is 4.63. The summed E-state index contributed by atoms with van der Waals surface area (Å²) in [5.74, 6) is -1.99. The van der Waals surface area contributed by atoms with E-state index in [-0.39, 0.29) is 12.0 Å². The molecule has 128 valence electrons. The highest BCUT2D eigenvalue weighted by Crippen LogP contribution is 2.31. The molecule has 1 aromatic rings. The second kappa shape index (κ2) is 6.64. The number of carbonyl (C=O) groups is 4. The lowest BCUT2D eigenvalue weighted by Crippen LogP contribution is -2.46. The van der Waals surface area contributed by atoms with Crippen LogP contribution in [0.4, 0.5) is 4.79 Å². The second-order valence-electron chi connectivity index (χ2n) is 6.21. The van der Waals surface area contributed by atoms with Crippen molar-refractivity contribution in [2.45, 2.75) is 38.6 Å². The summed E-state index contributed by atoms with van der Waals surface area (Å²) in [6.07, 6.45) is 3.60. The molecule has 0 N–H and O–H groups in total. The topological polar surface area (TPSA) is 74.8 Å². The zero-order valence-corrected chi connectivity index (χ0v) is 14.7. The molecule has 8 heteroatoms. The summed E-state index contributed by atoms with van der Waals surface area (Å²) in [4.78, 5) is 51.4. The molecule has 2 heterocycles. The van der Waals surface area contributed by atoms with Crippen molar-refractivity contribution in [2.75, 3.05) is 6.54 Å². The number of hydrogen-bond acceptors (Lipinski definition) is 5. The fraction of sp³-hybridized carbons (Fsp3) is 0.500. The molecule has 2 fully saturated rings. The molecule has 1 saturated heterocycles. The lowest BCUT2D eigenvalue weighted by atomic mass is 9.85. The van der Waals surface area contributed by atoms with E-state index in [9.17, 15) is 19.2 Å². The molecule has 1 aliphatic heterocycles. The largest absolute Gasteiger partial charge is 0.334 e. The first-order valence-corrected chi connectivity index (χ1v) is 9.07. The summed E-state index contributed by atoms with van der Waals surface area (Å²) in [5.41, 5.74) is 0. The van der Waals surface area contributed by atoms with Gasteiger partial charge >= 0.3 is 17.8 Å². The Morgan fingerprint density at radius 2 is 1.92 bits per heavy atom. The minimum Gasteiger partial charge on any atom is -0.291 e. The predicted octanol–water partition coefficient (Wildman–Crippen LogP) is 2.95. The van der Waals surface area contributed by atoms with E-state index in [0.717, 1.165) is 40.4 Å². The fourth-order valence-electron chi connectivity index (χ4n) is 3.32. The third kappa shape index (κ3) is 2.98. The molecule has 4 amide bonds. The highest BCUT2D eigenvalue weighted by Gasteiger charge is 2.49. The van der Waals surface area contributed by atoms with Gasteiger partial charge < -0.3 is 0 Å². The van der Waals surface area contributed by atoms with Crippen molar-refractivity contribution >= 4 is 46.6 Å². The van der Waals surface area contributed by atoms with E-state index in [1.54, 1.807) is 12.1 Å². The summed E-state index contributed by atoms with van der Waals surface area (Å²) < 4.78 is 0.450. The van der Waals surface area contributed by atoms with Crippen LogP contribution in [0.3, 0.4) is 0 Å². The SMILES string of the molecule is C[C@H]1CCCC[C@H]1N1C(=O)C(=O)N(CC(=O)c2ccc(Cl)s2)C1=O. The van der Waals surface area contributed by atoms with Gasteiger partial charge in [0.05, 0.1) is 15.8 Å². The molecule has 0 spiro atoms. The van der Waals surface area contributed by atoms with Crippen LogP contribution in [0, 0.1) is 5.92 Å². The van der Waals surface area contributed by atoms with Crippen LogP contribution in [0.5, 0.6) is 0 Å². The molecule has 2 aliphatic rings. The van der Waals surface area contributed by atoms with E-state index >= 15 is 0 Å². The van der Waals surface area contributed by atoms with Crippen molar-refractivity contribution < 1.29 is 19.2 Å². The molecule has 2 atom stereocenters. The van der Waals surface area contributed by atoms with Crippen LogP contribution in [0.2, 0.25) is 4.34 Å². The van der Waals surface area contributed by atoms with Crippen molar-refractivity contribution in [1.82, 2.24) is 9.80 Å². The standard InChI is InChI=1S/C16H17ClN2O4S/c1-9-4-2-3-5-10(9)19-15(22)14(21)18(16(19)23)8-11(20)12-6-7-13(17)24-12/h6-7,9-10H,2-5,8H2,1H3/t9-,10+/m0/s1. The lowest BCUT2D eigenvalue weighted by molar-refractivity contribution is -0.144. The zero-order valence-electron chi connectivity index (χ0n) is 13.2. The number of urea groups is 1. The van der Waals surface area contributed by atoms with Gasteiger partial charge in [-0.05, 0) is 30.9 Å². The lowest BCUT2D eigenvalue weighted by Gasteiger charge is -2.34. The van der Waals surface area contributed by atoms with E-state index in [4.69, 9.17) is 11.6 Å². The number of thiophene rings is 1. The summed E-state index contributed by atoms with van der Waals surface area (Å²) in [6.45, 7) is 1.55. The van der Waals surface area contributed by atoms with E-state index in [1.807, 2.05) is 6.92 Å². The molecule has 1 aromatic heterocycles. The molecule has 1 aliphatic carbocycles. The molecular formula is C16H17ClN2O4S. The van der Waals surface area contributed by atoms with Gasteiger partial charge in [0.2, 0.25) is 0 Å². The van der Waals surface area contributed by atoms with E-state index in [2.05, 4.69) is 0 Å². The maximum absolute atomic E-state index is 12.6. The van der Waals surface area contributed by atoms with E-state index in [0.29, 0.717) is 15.6 Å². The number of imide groups is 2. The number of nitrogens with zero attached hydrogens (tertiary/aromatic N) is 2. The molecule has 0 aromatic carbocycles. The van der Waals surface area contributed by atoms with Gasteiger partial charge in [0.25, 0.3) is 0 Å². The van der Waals surface area contributed by atoms with Gasteiger partial charge in [0, 0.05) is 6.04 Å². The average molecular weight is 369 g/mol. The van der Waals surface area contributed by atoms with Crippen molar-refractivity contribution in [2.24, 2.45) is 5.92 Å². The van der Waals surface area contributed by atoms with E-state index < -0.39 is 30.2 Å². The molecule has 0 radical (unpaired) electrons. The molecule has 24 heavy (non-hydrogen) atoms. The van der Waals surface area contributed by atoms with Crippen LogP contribution in [-0.4, -0.2) is 46.0 Å². The Labute approximate surface area is 148 Å². The van der Waals surface area contributed by atoms with Crippen molar-refractivity contribution in [3.05, 3.63) is 21.3 Å². The summed E-state index contributed by atoms with van der Waals surface area (Å²) >= 11 is 6.88. The minimum atomic E-state index is -0.922. The van der Waals surface area contributed by atoms with Crippen molar-refractivity contribution in [3.63, 3.8) is 0 Å². The maximum atomic E-state index is 12.6. The Bertz CT molecular complexity index is 717. The number of Topliss-reactive ketones (excluding diaryl/α,β-unsaturated/α-hetero) is 1. The van der Waals surface area contributed by atoms with Gasteiger partial charge in [-0.2, -0.15) is 0 Å². The molecule has 3 rings (SSSR count). The molecule has 1 saturated carbocycles. The number of ketones is 1. The zero-order chi connectivity index (χ0) is 17.4. The Morgan fingerprint density at radius 3 is 2.54 bits per heavy atom. The van der Waals surface area contributed by atoms with Gasteiger partial charge in [-0.3, -0.25) is 19.3 Å². The van der Waals surface area contributed by atoms with Gasteiger partial charge in [-0.15, -0.1) is 11.3 Å². The van der Waals surface area contributed by atoms with Crippen molar-refractivity contribution in [1.29, 1.82) is 0 Å². The number of hydrogen-bond donors (Lipinski definition) is 0. The molecule has 0 bridgehead atoms. The van der Waals surface area contributed by atoms with Gasteiger partial charge in [-0.25, -0.2) is 9.69 Å². The first-order valence-electron chi connectivity index (χ1n) is 7.87. The number of rotatable bonds is 4. The monoisotopic (exact) mass is 368 g/mol. The van der Waals surface area contributed by atoms with Crippen LogP contribution in [0.1, 0.15) is 42.3 Å². The van der Waals surface area contributed by atoms with Gasteiger partial charge in [-0.1, -0.05) is 31.4 Å². The van der Waals surface area contributed by atoms with Gasteiger partial charge in [0.15, 0.2) is 5.78 Å².